The Hall–Kier alpha value is -4.10. The van der Waals surface area contributed by atoms with Crippen molar-refractivity contribution in [2.75, 3.05) is 17.3 Å². The molecular weight excluding hydrogens is 468 g/mol. The number of imide groups is 1. The summed E-state index contributed by atoms with van der Waals surface area (Å²) in [6.07, 6.45) is 0. The summed E-state index contributed by atoms with van der Waals surface area (Å²) in [5, 5.41) is 2.64. The number of nitrogens with one attached hydrogen (secondary N) is 1. The molecule has 8 heteroatoms. The highest BCUT2D eigenvalue weighted by atomic mass is 35.5. The van der Waals surface area contributed by atoms with E-state index >= 15 is 0 Å². The maximum Gasteiger partial charge on any atom is 0.343 e. The van der Waals surface area contributed by atoms with E-state index in [-0.39, 0.29) is 10.7 Å². The van der Waals surface area contributed by atoms with Crippen molar-refractivity contribution < 1.29 is 23.9 Å². The number of nitrogens with zero attached hydrogens (tertiary/aromatic N) is 1. The molecule has 3 aromatic rings. The fourth-order valence-corrected chi connectivity index (χ4v) is 3.78. The van der Waals surface area contributed by atoms with Crippen molar-refractivity contribution in [3.8, 4) is 11.5 Å². The molecule has 1 aliphatic rings. The average molecular weight is 491 g/mol. The van der Waals surface area contributed by atoms with E-state index in [1.807, 2.05) is 12.1 Å². The van der Waals surface area contributed by atoms with Crippen LogP contribution in [-0.2, 0) is 9.59 Å². The van der Waals surface area contributed by atoms with Crippen molar-refractivity contribution in [2.45, 2.75) is 19.8 Å². The number of ether oxygens (including phenoxy) is 2. The Balaban J connectivity index is 1.46. The van der Waals surface area contributed by atoms with Gasteiger partial charge in [0.05, 0.1) is 18.4 Å². The molecule has 0 spiro atoms. The average Bonchev–Trinajstić information content (AvgIpc) is 3.07. The normalized spacial score (nSPS) is 13.5. The lowest BCUT2D eigenvalue weighted by Gasteiger charge is -2.17. The Morgan fingerprint density at radius 2 is 1.57 bits per heavy atom. The van der Waals surface area contributed by atoms with E-state index in [1.54, 1.807) is 60.7 Å². The molecule has 4 rings (SSSR count). The summed E-state index contributed by atoms with van der Waals surface area (Å²) >= 11 is 6.21. The highest BCUT2D eigenvalue weighted by Gasteiger charge is 2.40. The van der Waals surface area contributed by atoms with Crippen LogP contribution in [-0.4, -0.2) is 24.9 Å². The number of carbonyl (C=O) groups is 3. The van der Waals surface area contributed by atoms with E-state index in [0.29, 0.717) is 34.4 Å². The zero-order valence-corrected chi connectivity index (χ0v) is 20.1. The quantitative estimate of drug-likeness (QED) is 0.268. The first-order chi connectivity index (χ1) is 16.8. The highest BCUT2D eigenvalue weighted by Crippen LogP contribution is 2.35. The van der Waals surface area contributed by atoms with E-state index in [2.05, 4.69) is 19.2 Å². The molecule has 1 heterocycles. The number of amides is 2. The molecule has 1 N–H and O–H groups in total. The number of benzene rings is 3. The number of para-hydroxylation sites is 2. The SMILES string of the molecule is COc1ccccc1N1C(=O)C(Cl)=C(Nc2ccc(C(=O)Oc3ccc(C(C)C)cc3)cc2)C1=O. The summed E-state index contributed by atoms with van der Waals surface area (Å²) in [5.74, 6) is -0.593. The summed E-state index contributed by atoms with van der Waals surface area (Å²) in [7, 11) is 1.45. The number of halogens is 1. The number of methoxy groups -OCH3 is 1. The summed E-state index contributed by atoms with van der Waals surface area (Å²) in [4.78, 5) is 39.2. The molecule has 0 atom stereocenters. The van der Waals surface area contributed by atoms with Crippen molar-refractivity contribution in [1.29, 1.82) is 0 Å². The number of hydrogen-bond donors (Lipinski definition) is 1. The third-order valence-corrected chi connectivity index (χ3v) is 5.85. The maximum atomic E-state index is 13.0. The monoisotopic (exact) mass is 490 g/mol. The number of rotatable bonds is 7. The van der Waals surface area contributed by atoms with Crippen LogP contribution in [0.15, 0.2) is 83.5 Å². The van der Waals surface area contributed by atoms with Gasteiger partial charge in [0.25, 0.3) is 11.8 Å². The second-order valence-electron chi connectivity index (χ2n) is 8.12. The zero-order valence-electron chi connectivity index (χ0n) is 19.4. The second-order valence-corrected chi connectivity index (χ2v) is 8.50. The van der Waals surface area contributed by atoms with Gasteiger partial charge in [-0.05, 0) is 60.0 Å². The molecule has 0 fully saturated rings. The van der Waals surface area contributed by atoms with E-state index in [4.69, 9.17) is 21.1 Å². The molecule has 0 aromatic heterocycles. The van der Waals surface area contributed by atoms with Crippen LogP contribution in [0.4, 0.5) is 11.4 Å². The van der Waals surface area contributed by atoms with E-state index in [0.717, 1.165) is 10.5 Å². The Bertz CT molecular complexity index is 1310. The van der Waals surface area contributed by atoms with Crippen molar-refractivity contribution in [2.24, 2.45) is 0 Å². The van der Waals surface area contributed by atoms with Crippen LogP contribution >= 0.6 is 11.6 Å². The molecule has 0 aliphatic carbocycles. The Labute approximate surface area is 207 Å². The van der Waals surface area contributed by atoms with Crippen molar-refractivity contribution in [3.63, 3.8) is 0 Å². The predicted molar refractivity (Wildman–Crippen MR) is 134 cm³/mol. The van der Waals surface area contributed by atoms with Crippen molar-refractivity contribution >= 4 is 40.8 Å². The summed E-state index contributed by atoms with van der Waals surface area (Å²) < 4.78 is 10.7. The standard InChI is InChI=1S/C27H23ClN2O5/c1-16(2)17-10-14-20(15-11-17)35-27(33)18-8-12-19(13-9-18)29-24-23(28)25(31)30(26(24)32)21-6-4-5-7-22(21)34-3/h4-16,29H,1-3H3. The maximum absolute atomic E-state index is 13.0. The summed E-state index contributed by atoms with van der Waals surface area (Å²) in [5.41, 5.74) is 2.17. The van der Waals surface area contributed by atoms with Gasteiger partial charge in [-0.15, -0.1) is 0 Å². The van der Waals surface area contributed by atoms with Crippen LogP contribution in [0.3, 0.4) is 0 Å². The molecule has 3 aromatic carbocycles. The molecule has 0 unspecified atom stereocenters. The first-order valence-corrected chi connectivity index (χ1v) is 11.3. The molecule has 7 nitrogen and oxygen atoms in total. The lowest BCUT2D eigenvalue weighted by molar-refractivity contribution is -0.120. The fourth-order valence-electron chi connectivity index (χ4n) is 3.57. The number of anilines is 2. The molecular formula is C27H23ClN2O5. The Kier molecular flexibility index (Phi) is 6.89. The van der Waals surface area contributed by atoms with E-state index < -0.39 is 17.8 Å². The first-order valence-electron chi connectivity index (χ1n) is 10.9. The molecule has 0 saturated carbocycles. The molecule has 1 aliphatic heterocycles. The largest absolute Gasteiger partial charge is 0.495 e. The van der Waals surface area contributed by atoms with Gasteiger partial charge in [-0.25, -0.2) is 9.69 Å². The fraction of sp³-hybridized carbons (Fsp3) is 0.148. The van der Waals surface area contributed by atoms with Crippen LogP contribution in [0.25, 0.3) is 0 Å². The third-order valence-electron chi connectivity index (χ3n) is 5.50. The molecule has 0 bridgehead atoms. The van der Waals surface area contributed by atoms with Gasteiger partial charge in [-0.2, -0.15) is 0 Å². The topological polar surface area (TPSA) is 84.9 Å². The molecule has 2 amide bonds. The lowest BCUT2D eigenvalue weighted by atomic mass is 10.0. The lowest BCUT2D eigenvalue weighted by Crippen LogP contribution is -2.32. The van der Waals surface area contributed by atoms with E-state index in [1.165, 1.54) is 7.11 Å². The van der Waals surface area contributed by atoms with Crippen LogP contribution < -0.4 is 19.7 Å². The van der Waals surface area contributed by atoms with Crippen molar-refractivity contribution in [3.05, 3.63) is 94.7 Å². The Morgan fingerprint density at radius 1 is 0.914 bits per heavy atom. The number of esters is 1. The van der Waals surface area contributed by atoms with Gasteiger partial charge >= 0.3 is 5.97 Å². The highest BCUT2D eigenvalue weighted by molar-refractivity contribution is 6.53. The smallest absolute Gasteiger partial charge is 0.343 e. The van der Waals surface area contributed by atoms with Gasteiger partial charge in [0, 0.05) is 5.69 Å². The number of hydrogen-bond acceptors (Lipinski definition) is 6. The summed E-state index contributed by atoms with van der Waals surface area (Å²) in [6.45, 7) is 4.18. The minimum Gasteiger partial charge on any atom is -0.495 e. The Morgan fingerprint density at radius 3 is 2.20 bits per heavy atom. The van der Waals surface area contributed by atoms with Gasteiger partial charge in [0.2, 0.25) is 0 Å². The third kappa shape index (κ3) is 4.90. The van der Waals surface area contributed by atoms with Crippen LogP contribution in [0.2, 0.25) is 0 Å². The van der Waals surface area contributed by atoms with Gasteiger partial charge < -0.3 is 14.8 Å². The molecule has 178 valence electrons. The van der Waals surface area contributed by atoms with Crippen LogP contribution in [0, 0.1) is 0 Å². The number of carbonyl (C=O) groups excluding carboxylic acids is 3. The molecule has 35 heavy (non-hydrogen) atoms. The van der Waals surface area contributed by atoms with Gasteiger partial charge in [0.15, 0.2) is 0 Å². The minimum atomic E-state index is -0.660. The van der Waals surface area contributed by atoms with Crippen molar-refractivity contribution in [1.82, 2.24) is 0 Å². The minimum absolute atomic E-state index is 0.0665. The molecule has 0 saturated heterocycles. The van der Waals surface area contributed by atoms with E-state index in [9.17, 15) is 14.4 Å². The van der Waals surface area contributed by atoms with Gasteiger partial charge in [0.1, 0.15) is 22.2 Å². The van der Waals surface area contributed by atoms with Gasteiger partial charge in [-0.1, -0.05) is 49.7 Å². The van der Waals surface area contributed by atoms with Crippen LogP contribution in [0.1, 0.15) is 35.7 Å². The predicted octanol–water partition coefficient (Wildman–Crippen LogP) is 5.47. The zero-order chi connectivity index (χ0) is 25.1. The summed E-state index contributed by atoms with van der Waals surface area (Å²) in [6, 6.07) is 20.3. The second kappa shape index (κ2) is 10.0. The van der Waals surface area contributed by atoms with Crippen LogP contribution in [0.5, 0.6) is 11.5 Å². The van der Waals surface area contributed by atoms with Gasteiger partial charge in [-0.3, -0.25) is 9.59 Å². The first kappa shape index (κ1) is 24.0. The molecule has 0 radical (unpaired) electrons.